The number of hydrogen-bond donors (Lipinski definition) is 3. The third-order valence-electron chi connectivity index (χ3n) is 4.68. The predicted molar refractivity (Wildman–Crippen MR) is 88.7 cm³/mol. The SMILES string of the molecule is Oc1ccc(C=C2c3ccccc3NC2O)c2c1CCCC2. The van der Waals surface area contributed by atoms with E-state index in [4.69, 9.17) is 0 Å². The summed E-state index contributed by atoms with van der Waals surface area (Å²) < 4.78 is 0. The summed E-state index contributed by atoms with van der Waals surface area (Å²) >= 11 is 0. The summed E-state index contributed by atoms with van der Waals surface area (Å²) in [6, 6.07) is 11.7. The lowest BCUT2D eigenvalue weighted by Gasteiger charge is -2.20. The highest BCUT2D eigenvalue weighted by molar-refractivity contribution is 5.94. The number of aliphatic hydroxyl groups is 1. The number of hydrogen-bond acceptors (Lipinski definition) is 3. The van der Waals surface area contributed by atoms with Gasteiger partial charge in [0, 0.05) is 16.8 Å². The Balaban J connectivity index is 1.84. The van der Waals surface area contributed by atoms with Crippen molar-refractivity contribution in [1.82, 2.24) is 0 Å². The first-order valence-corrected chi connectivity index (χ1v) is 7.83. The summed E-state index contributed by atoms with van der Waals surface area (Å²) in [6.07, 6.45) is 5.61. The Morgan fingerprint density at radius 1 is 1.00 bits per heavy atom. The van der Waals surface area contributed by atoms with Crippen LogP contribution < -0.4 is 5.32 Å². The van der Waals surface area contributed by atoms with Gasteiger partial charge >= 0.3 is 0 Å². The molecule has 0 radical (unpaired) electrons. The molecular formula is C19H19NO2. The summed E-state index contributed by atoms with van der Waals surface area (Å²) in [5.41, 5.74) is 6.33. The molecule has 1 unspecified atom stereocenters. The molecule has 3 heteroatoms. The van der Waals surface area contributed by atoms with Gasteiger partial charge in [-0.25, -0.2) is 0 Å². The number of nitrogens with one attached hydrogen (secondary N) is 1. The molecule has 4 rings (SSSR count). The fourth-order valence-corrected chi connectivity index (χ4v) is 3.57. The average molecular weight is 293 g/mol. The van der Waals surface area contributed by atoms with Gasteiger partial charge in [-0.15, -0.1) is 0 Å². The van der Waals surface area contributed by atoms with E-state index in [1.54, 1.807) is 6.07 Å². The van der Waals surface area contributed by atoms with E-state index in [0.717, 1.165) is 53.6 Å². The summed E-state index contributed by atoms with van der Waals surface area (Å²) in [6.45, 7) is 0. The van der Waals surface area contributed by atoms with Crippen molar-refractivity contribution in [2.75, 3.05) is 5.32 Å². The minimum atomic E-state index is -0.676. The summed E-state index contributed by atoms with van der Waals surface area (Å²) in [4.78, 5) is 0. The van der Waals surface area contributed by atoms with Crippen LogP contribution in [0.3, 0.4) is 0 Å². The number of benzene rings is 2. The van der Waals surface area contributed by atoms with Crippen LogP contribution in [-0.2, 0) is 12.8 Å². The molecule has 0 saturated heterocycles. The van der Waals surface area contributed by atoms with E-state index in [0.29, 0.717) is 5.75 Å². The first-order valence-electron chi connectivity index (χ1n) is 7.83. The van der Waals surface area contributed by atoms with Gasteiger partial charge in [-0.1, -0.05) is 24.3 Å². The van der Waals surface area contributed by atoms with E-state index >= 15 is 0 Å². The minimum absolute atomic E-state index is 0.405. The second-order valence-electron chi connectivity index (χ2n) is 6.03. The van der Waals surface area contributed by atoms with E-state index in [2.05, 4.69) is 11.4 Å². The highest BCUT2D eigenvalue weighted by atomic mass is 16.3. The molecule has 1 aliphatic carbocycles. The molecule has 2 aromatic carbocycles. The lowest BCUT2D eigenvalue weighted by atomic mass is 9.86. The number of anilines is 1. The Kier molecular flexibility index (Phi) is 3.16. The summed E-state index contributed by atoms with van der Waals surface area (Å²) in [5, 5.41) is 23.5. The maximum Gasteiger partial charge on any atom is 0.151 e. The fraction of sp³-hybridized carbons (Fsp3) is 0.263. The number of aliphatic hydroxyl groups excluding tert-OH is 1. The summed E-state index contributed by atoms with van der Waals surface area (Å²) in [7, 11) is 0. The minimum Gasteiger partial charge on any atom is -0.508 e. The molecule has 3 nitrogen and oxygen atoms in total. The highest BCUT2D eigenvalue weighted by Crippen LogP contribution is 2.38. The molecule has 0 bridgehead atoms. The van der Waals surface area contributed by atoms with Gasteiger partial charge in [-0.2, -0.15) is 0 Å². The van der Waals surface area contributed by atoms with E-state index in [-0.39, 0.29) is 0 Å². The molecule has 2 aliphatic rings. The zero-order valence-corrected chi connectivity index (χ0v) is 12.3. The Morgan fingerprint density at radius 2 is 1.77 bits per heavy atom. The number of phenolic OH excluding ortho intramolecular Hbond substituents is 1. The lowest BCUT2D eigenvalue weighted by molar-refractivity contribution is 0.266. The quantitative estimate of drug-likeness (QED) is 0.753. The Morgan fingerprint density at radius 3 is 2.64 bits per heavy atom. The maximum atomic E-state index is 10.3. The third-order valence-corrected chi connectivity index (χ3v) is 4.68. The van der Waals surface area contributed by atoms with Crippen molar-refractivity contribution in [3.63, 3.8) is 0 Å². The maximum absolute atomic E-state index is 10.3. The normalized spacial score (nSPS) is 21.3. The molecule has 112 valence electrons. The molecule has 1 atom stereocenters. The molecule has 3 N–H and O–H groups in total. The van der Waals surface area contributed by atoms with Gasteiger partial charge in [0.2, 0.25) is 0 Å². The van der Waals surface area contributed by atoms with Gasteiger partial charge in [0.05, 0.1) is 0 Å². The van der Waals surface area contributed by atoms with Gasteiger partial charge in [0.15, 0.2) is 6.23 Å². The second-order valence-corrected chi connectivity index (χ2v) is 6.03. The van der Waals surface area contributed by atoms with E-state index in [1.165, 1.54) is 5.56 Å². The Hall–Kier alpha value is -2.26. The van der Waals surface area contributed by atoms with Crippen LogP contribution in [0, 0.1) is 0 Å². The smallest absolute Gasteiger partial charge is 0.151 e. The van der Waals surface area contributed by atoms with Crippen LogP contribution >= 0.6 is 0 Å². The van der Waals surface area contributed by atoms with Crippen molar-refractivity contribution in [3.05, 3.63) is 58.7 Å². The number of rotatable bonds is 1. The zero-order valence-electron chi connectivity index (χ0n) is 12.3. The van der Waals surface area contributed by atoms with Gasteiger partial charge in [-0.05, 0) is 60.6 Å². The molecule has 0 fully saturated rings. The van der Waals surface area contributed by atoms with Crippen LogP contribution in [-0.4, -0.2) is 16.4 Å². The molecule has 1 aliphatic heterocycles. The van der Waals surface area contributed by atoms with Gasteiger partial charge in [0.25, 0.3) is 0 Å². The standard InChI is InChI=1S/C19H19NO2/c21-18-10-9-12(13-5-1-2-7-15(13)18)11-16-14-6-3-4-8-17(14)20-19(16)22/h3-4,6,8-11,19-22H,1-2,5,7H2. The molecule has 0 aromatic heterocycles. The van der Waals surface area contributed by atoms with Crippen molar-refractivity contribution in [3.8, 4) is 5.75 Å². The van der Waals surface area contributed by atoms with Crippen LogP contribution in [0.15, 0.2) is 36.4 Å². The largest absolute Gasteiger partial charge is 0.508 e. The van der Waals surface area contributed by atoms with Crippen molar-refractivity contribution < 1.29 is 10.2 Å². The zero-order chi connectivity index (χ0) is 15.1. The van der Waals surface area contributed by atoms with Gasteiger partial charge in [-0.3, -0.25) is 0 Å². The topological polar surface area (TPSA) is 52.5 Å². The number of fused-ring (bicyclic) bond motifs is 2. The van der Waals surface area contributed by atoms with Crippen molar-refractivity contribution >= 4 is 17.3 Å². The molecule has 22 heavy (non-hydrogen) atoms. The molecule has 0 spiro atoms. The molecule has 2 aromatic rings. The third kappa shape index (κ3) is 2.09. The van der Waals surface area contributed by atoms with E-state index in [1.807, 2.05) is 30.3 Å². The van der Waals surface area contributed by atoms with Crippen LogP contribution in [0.1, 0.15) is 35.1 Å². The van der Waals surface area contributed by atoms with Crippen LogP contribution in [0.4, 0.5) is 5.69 Å². The number of phenols is 1. The monoisotopic (exact) mass is 293 g/mol. The predicted octanol–water partition coefficient (Wildman–Crippen LogP) is 3.56. The van der Waals surface area contributed by atoms with Gasteiger partial charge < -0.3 is 15.5 Å². The molecule has 0 saturated carbocycles. The first kappa shape index (κ1) is 13.4. The summed E-state index contributed by atoms with van der Waals surface area (Å²) in [5.74, 6) is 0.405. The van der Waals surface area contributed by atoms with Crippen LogP contribution in [0.25, 0.3) is 11.6 Å². The Bertz CT molecular complexity index is 764. The van der Waals surface area contributed by atoms with Crippen molar-refractivity contribution in [2.45, 2.75) is 31.9 Å². The van der Waals surface area contributed by atoms with Gasteiger partial charge in [0.1, 0.15) is 5.75 Å². The highest BCUT2D eigenvalue weighted by Gasteiger charge is 2.24. The molecule has 1 heterocycles. The number of para-hydroxylation sites is 1. The Labute approximate surface area is 129 Å². The first-order chi connectivity index (χ1) is 10.7. The van der Waals surface area contributed by atoms with Crippen molar-refractivity contribution in [1.29, 1.82) is 0 Å². The average Bonchev–Trinajstić information content (AvgIpc) is 2.86. The van der Waals surface area contributed by atoms with Crippen molar-refractivity contribution in [2.24, 2.45) is 0 Å². The van der Waals surface area contributed by atoms with E-state index < -0.39 is 6.23 Å². The lowest BCUT2D eigenvalue weighted by Crippen LogP contribution is -2.12. The van der Waals surface area contributed by atoms with E-state index in [9.17, 15) is 10.2 Å². The molecular weight excluding hydrogens is 274 g/mol. The molecule has 0 amide bonds. The number of aromatic hydroxyl groups is 1. The van der Waals surface area contributed by atoms with Crippen LogP contribution in [0.5, 0.6) is 5.75 Å². The fourth-order valence-electron chi connectivity index (χ4n) is 3.57. The van der Waals surface area contributed by atoms with Crippen LogP contribution in [0.2, 0.25) is 0 Å². The second kappa shape index (κ2) is 5.18.